The molecule has 2 aromatic heterocycles. The number of benzene rings is 2. The molecule has 0 aliphatic heterocycles. The smallest absolute Gasteiger partial charge is 0.229 e. The zero-order chi connectivity index (χ0) is 18.3. The number of hydrogen-bond donors (Lipinski definition) is 0. The third-order valence-corrected chi connectivity index (χ3v) is 4.13. The molecule has 6 heteroatoms. The molecule has 0 N–H and O–H groups in total. The van der Waals surface area contributed by atoms with E-state index < -0.39 is 11.9 Å². The molecule has 0 saturated carbocycles. The fourth-order valence-corrected chi connectivity index (χ4v) is 2.90. The van der Waals surface area contributed by atoms with Crippen LogP contribution in [0.25, 0.3) is 28.0 Å². The average Bonchev–Trinajstić information content (AvgIpc) is 3.01. The van der Waals surface area contributed by atoms with Crippen LogP contribution in [0.15, 0.2) is 66.7 Å². The van der Waals surface area contributed by atoms with E-state index in [1.807, 2.05) is 42.5 Å². The number of aryl methyl sites for hydroxylation is 1. The lowest BCUT2D eigenvalue weighted by Gasteiger charge is -2.11. The van der Waals surface area contributed by atoms with Crippen molar-refractivity contribution in [1.82, 2.24) is 14.6 Å². The second kappa shape index (κ2) is 5.98. The monoisotopic (exact) mass is 353 g/mol. The maximum atomic E-state index is 13.4. The highest BCUT2D eigenvalue weighted by Crippen LogP contribution is 2.32. The van der Waals surface area contributed by atoms with Gasteiger partial charge in [-0.05, 0) is 24.1 Å². The lowest BCUT2D eigenvalue weighted by atomic mass is 10.0. The minimum Gasteiger partial charge on any atom is -0.229 e. The van der Waals surface area contributed by atoms with Gasteiger partial charge in [-0.1, -0.05) is 54.6 Å². The zero-order valence-corrected chi connectivity index (χ0v) is 13.8. The highest BCUT2D eigenvalue weighted by Gasteiger charge is 2.35. The Morgan fingerprint density at radius 2 is 1.42 bits per heavy atom. The molecule has 0 aliphatic carbocycles. The van der Waals surface area contributed by atoms with Crippen molar-refractivity contribution in [3.05, 3.63) is 78.1 Å². The number of aromatic nitrogens is 3. The van der Waals surface area contributed by atoms with Crippen LogP contribution in [-0.2, 0) is 6.18 Å². The maximum absolute atomic E-state index is 13.4. The molecule has 0 bridgehead atoms. The number of alkyl halides is 3. The summed E-state index contributed by atoms with van der Waals surface area (Å²) in [5.41, 5.74) is 2.76. The molecule has 0 aliphatic rings. The lowest BCUT2D eigenvalue weighted by Crippen LogP contribution is -2.13. The Hall–Kier alpha value is -3.15. The van der Waals surface area contributed by atoms with Crippen molar-refractivity contribution in [3.8, 4) is 22.4 Å². The predicted molar refractivity (Wildman–Crippen MR) is 93.6 cm³/mol. The summed E-state index contributed by atoms with van der Waals surface area (Å²) in [5.74, 6) is 0. The Morgan fingerprint density at radius 1 is 0.808 bits per heavy atom. The number of fused-ring (bicyclic) bond motifs is 1. The van der Waals surface area contributed by atoms with Gasteiger partial charge in [-0.3, -0.25) is 0 Å². The third-order valence-electron chi connectivity index (χ3n) is 4.13. The van der Waals surface area contributed by atoms with Crippen LogP contribution in [0.3, 0.4) is 0 Å². The minimum absolute atomic E-state index is 0.180. The molecule has 2 aromatic carbocycles. The fourth-order valence-electron chi connectivity index (χ4n) is 2.90. The largest absolute Gasteiger partial charge is 0.433 e. The van der Waals surface area contributed by atoms with Crippen LogP contribution in [0.5, 0.6) is 0 Å². The van der Waals surface area contributed by atoms with Gasteiger partial charge in [0.05, 0.1) is 11.4 Å². The maximum Gasteiger partial charge on any atom is 0.433 e. The van der Waals surface area contributed by atoms with E-state index in [9.17, 15) is 13.2 Å². The van der Waals surface area contributed by atoms with Crippen molar-refractivity contribution in [2.24, 2.45) is 0 Å². The van der Waals surface area contributed by atoms with E-state index in [0.717, 1.165) is 21.7 Å². The van der Waals surface area contributed by atoms with Gasteiger partial charge in [0.15, 0.2) is 11.3 Å². The highest BCUT2D eigenvalue weighted by molar-refractivity contribution is 5.69. The van der Waals surface area contributed by atoms with Gasteiger partial charge < -0.3 is 0 Å². The van der Waals surface area contributed by atoms with Crippen LogP contribution >= 0.6 is 0 Å². The van der Waals surface area contributed by atoms with Crippen LogP contribution in [0.1, 0.15) is 11.4 Å². The van der Waals surface area contributed by atoms with Crippen molar-refractivity contribution in [3.63, 3.8) is 0 Å². The Labute approximate surface area is 147 Å². The second-order valence-corrected chi connectivity index (χ2v) is 6.02. The van der Waals surface area contributed by atoms with E-state index in [1.165, 1.54) is 6.07 Å². The van der Waals surface area contributed by atoms with E-state index in [-0.39, 0.29) is 11.3 Å². The van der Waals surface area contributed by atoms with Gasteiger partial charge in [0.1, 0.15) is 0 Å². The predicted octanol–water partition coefficient (Wildman–Crippen LogP) is 5.39. The first-order valence-corrected chi connectivity index (χ1v) is 8.02. The van der Waals surface area contributed by atoms with E-state index in [4.69, 9.17) is 0 Å². The molecule has 0 radical (unpaired) electrons. The summed E-state index contributed by atoms with van der Waals surface area (Å²) in [6, 6.07) is 19.7. The van der Waals surface area contributed by atoms with Crippen LogP contribution < -0.4 is 0 Å². The molecule has 0 fully saturated rings. The van der Waals surface area contributed by atoms with E-state index in [1.54, 1.807) is 19.1 Å². The molecule has 26 heavy (non-hydrogen) atoms. The molecule has 2 heterocycles. The Bertz CT molecular complexity index is 1070. The summed E-state index contributed by atoms with van der Waals surface area (Å²) in [7, 11) is 0. The van der Waals surface area contributed by atoms with Crippen molar-refractivity contribution in [2.45, 2.75) is 13.1 Å². The van der Waals surface area contributed by atoms with Crippen LogP contribution in [0, 0.1) is 6.92 Å². The summed E-state index contributed by atoms with van der Waals surface area (Å²) in [6.07, 6.45) is -4.52. The standard InChI is InChI=1S/C20H14F3N3/c1-13-11-19-24-17(12-18(20(21,22)23)26(19)25-13)16-9-7-15(8-10-16)14-5-3-2-4-6-14/h2-12H,1H3. The number of hydrogen-bond acceptors (Lipinski definition) is 2. The lowest BCUT2D eigenvalue weighted by molar-refractivity contribution is -0.142. The summed E-state index contributed by atoms with van der Waals surface area (Å²) >= 11 is 0. The zero-order valence-electron chi connectivity index (χ0n) is 13.8. The van der Waals surface area contributed by atoms with Gasteiger partial charge in [0, 0.05) is 11.6 Å². The van der Waals surface area contributed by atoms with E-state index >= 15 is 0 Å². The summed E-state index contributed by atoms with van der Waals surface area (Å²) in [6.45, 7) is 1.64. The van der Waals surface area contributed by atoms with Gasteiger partial charge >= 0.3 is 6.18 Å². The van der Waals surface area contributed by atoms with Gasteiger partial charge in [0.2, 0.25) is 0 Å². The van der Waals surface area contributed by atoms with Crippen LogP contribution in [0.4, 0.5) is 13.2 Å². The van der Waals surface area contributed by atoms with Crippen LogP contribution in [-0.4, -0.2) is 14.6 Å². The first-order chi connectivity index (χ1) is 12.4. The van der Waals surface area contributed by atoms with E-state index in [0.29, 0.717) is 11.3 Å². The van der Waals surface area contributed by atoms with Crippen LogP contribution in [0.2, 0.25) is 0 Å². The average molecular weight is 353 g/mol. The number of rotatable bonds is 2. The van der Waals surface area contributed by atoms with E-state index in [2.05, 4.69) is 10.1 Å². The molecule has 0 spiro atoms. The topological polar surface area (TPSA) is 30.2 Å². The van der Waals surface area contributed by atoms with Gasteiger partial charge in [0.25, 0.3) is 0 Å². The molecule has 4 rings (SSSR count). The van der Waals surface area contributed by atoms with Crippen molar-refractivity contribution in [1.29, 1.82) is 0 Å². The molecule has 130 valence electrons. The highest BCUT2D eigenvalue weighted by atomic mass is 19.4. The van der Waals surface area contributed by atoms with Crippen molar-refractivity contribution < 1.29 is 13.2 Å². The number of nitrogens with zero attached hydrogens (tertiary/aromatic N) is 3. The quantitative estimate of drug-likeness (QED) is 0.484. The Morgan fingerprint density at radius 3 is 2.08 bits per heavy atom. The van der Waals surface area contributed by atoms with Gasteiger partial charge in [-0.25, -0.2) is 9.50 Å². The molecular weight excluding hydrogens is 339 g/mol. The molecule has 4 aromatic rings. The first-order valence-electron chi connectivity index (χ1n) is 8.02. The molecule has 0 amide bonds. The summed E-state index contributed by atoms with van der Waals surface area (Å²) in [5, 5.41) is 3.90. The SMILES string of the molecule is Cc1cc2nc(-c3ccc(-c4ccccc4)cc3)cc(C(F)(F)F)n2n1. The summed E-state index contributed by atoms with van der Waals surface area (Å²) < 4.78 is 41.1. The van der Waals surface area contributed by atoms with Crippen molar-refractivity contribution in [2.75, 3.05) is 0 Å². The molecule has 0 atom stereocenters. The van der Waals surface area contributed by atoms with Crippen molar-refractivity contribution >= 4 is 5.65 Å². The second-order valence-electron chi connectivity index (χ2n) is 6.02. The van der Waals surface area contributed by atoms with Gasteiger partial charge in [-0.15, -0.1) is 0 Å². The Balaban J connectivity index is 1.82. The molecule has 0 saturated heterocycles. The molecule has 3 nitrogen and oxygen atoms in total. The molecule has 0 unspecified atom stereocenters. The Kier molecular flexibility index (Phi) is 3.76. The normalized spacial score (nSPS) is 11.8. The first kappa shape index (κ1) is 16.3. The minimum atomic E-state index is -4.52. The van der Waals surface area contributed by atoms with Gasteiger partial charge in [-0.2, -0.15) is 18.3 Å². The summed E-state index contributed by atoms with van der Waals surface area (Å²) in [4.78, 5) is 4.34. The fraction of sp³-hybridized carbons (Fsp3) is 0.100. The third kappa shape index (κ3) is 2.94. The molecular formula is C20H14F3N3. The number of halogens is 3.